The monoisotopic (exact) mass is 287 g/mol. The molecule has 0 N–H and O–H groups in total. The lowest BCUT2D eigenvalue weighted by molar-refractivity contribution is 0.187. The average molecular weight is 287 g/mol. The second-order valence-electron chi connectivity index (χ2n) is 4.44. The molecule has 17 heavy (non-hydrogen) atoms. The third-order valence-corrected chi connectivity index (χ3v) is 3.47. The van der Waals surface area contributed by atoms with E-state index in [4.69, 9.17) is 28.6 Å². The van der Waals surface area contributed by atoms with Crippen molar-refractivity contribution >= 4 is 30.2 Å². The summed E-state index contributed by atoms with van der Waals surface area (Å²) in [4.78, 5) is 2.09. The van der Waals surface area contributed by atoms with Crippen molar-refractivity contribution in [2.24, 2.45) is 0 Å². The van der Waals surface area contributed by atoms with Crippen molar-refractivity contribution in [2.45, 2.75) is 20.0 Å². The third kappa shape index (κ3) is 5.02. The predicted molar refractivity (Wildman–Crippen MR) is 79.9 cm³/mol. The van der Waals surface area contributed by atoms with Gasteiger partial charge in [0.2, 0.25) is 6.13 Å². The van der Waals surface area contributed by atoms with Crippen molar-refractivity contribution in [2.75, 3.05) is 20.6 Å². The van der Waals surface area contributed by atoms with Crippen LogP contribution in [0.15, 0.2) is 18.2 Å². The van der Waals surface area contributed by atoms with Crippen LogP contribution < -0.4 is 0 Å². The number of aryl methyl sites for hydroxylation is 2. The lowest BCUT2D eigenvalue weighted by Crippen LogP contribution is -2.21. The summed E-state index contributed by atoms with van der Waals surface area (Å²) >= 11 is 10.0. The van der Waals surface area contributed by atoms with E-state index in [0.717, 1.165) is 6.54 Å². The fourth-order valence-electron chi connectivity index (χ4n) is 1.73. The van der Waals surface area contributed by atoms with Gasteiger partial charge in [-0.05, 0) is 39.1 Å². The highest BCUT2D eigenvalue weighted by atomic mass is 32.9. The van der Waals surface area contributed by atoms with Gasteiger partial charge in [0.05, 0.1) is 0 Å². The smallest absolute Gasteiger partial charge is 0.202 e. The fourth-order valence-corrected chi connectivity index (χ4v) is 2.74. The van der Waals surface area contributed by atoms with Crippen LogP contribution in [0.1, 0.15) is 22.8 Å². The molecule has 2 atom stereocenters. The highest BCUT2D eigenvalue weighted by Crippen LogP contribution is 2.32. The molecule has 0 saturated carbocycles. The van der Waals surface area contributed by atoms with Crippen LogP contribution in [0.4, 0.5) is 0 Å². The van der Waals surface area contributed by atoms with Gasteiger partial charge < -0.3 is 17.1 Å². The molecule has 5 heteroatoms. The van der Waals surface area contributed by atoms with Gasteiger partial charge in [-0.2, -0.15) is 4.52 Å². The second-order valence-corrected chi connectivity index (χ2v) is 7.78. The number of hydrogen-bond donors (Lipinski definition) is 0. The Bertz CT molecular complexity index is 409. The first kappa shape index (κ1) is 15.1. The molecule has 0 aromatic heterocycles. The van der Waals surface area contributed by atoms with E-state index in [1.165, 1.54) is 16.7 Å². The molecule has 2 unspecified atom stereocenters. The van der Waals surface area contributed by atoms with Crippen LogP contribution in [-0.4, -0.2) is 25.5 Å². The Labute approximate surface area is 115 Å². The van der Waals surface area contributed by atoms with Gasteiger partial charge in [-0.25, -0.2) is 0 Å². The standard InChI is InChI=1S/C12H18NOPS2/c1-9-5-6-10(2)11(7-9)12(8-13(3)4)14-15(16)17/h5-7,12H,8H2,1-4H3. The van der Waals surface area contributed by atoms with Crippen molar-refractivity contribution in [1.29, 1.82) is 0 Å². The van der Waals surface area contributed by atoms with E-state index < -0.39 is 6.13 Å². The zero-order valence-corrected chi connectivity index (χ0v) is 13.2. The Morgan fingerprint density at radius 1 is 1.41 bits per heavy atom. The first-order chi connectivity index (χ1) is 7.90. The molecule has 0 aliphatic carbocycles. The molecule has 0 bridgehead atoms. The van der Waals surface area contributed by atoms with Crippen LogP contribution >= 0.6 is 6.13 Å². The maximum absolute atomic E-state index is 5.74. The molecule has 1 rings (SSSR count). The molecule has 0 aliphatic rings. The van der Waals surface area contributed by atoms with E-state index in [0.29, 0.717) is 0 Å². The molecule has 1 aromatic carbocycles. The summed E-state index contributed by atoms with van der Waals surface area (Å²) in [7, 11) is 4.05. The van der Waals surface area contributed by atoms with Crippen molar-refractivity contribution in [1.82, 2.24) is 4.90 Å². The summed E-state index contributed by atoms with van der Waals surface area (Å²) in [6.45, 7) is 4.98. The zero-order chi connectivity index (χ0) is 13.0. The molecule has 1 aromatic rings. The number of likely N-dealkylation sites (N-methyl/N-ethyl adjacent to an activating group) is 1. The Morgan fingerprint density at radius 2 is 2.06 bits per heavy atom. The van der Waals surface area contributed by atoms with Crippen LogP contribution in [0.5, 0.6) is 0 Å². The van der Waals surface area contributed by atoms with Gasteiger partial charge in [-0.1, -0.05) is 23.8 Å². The molecule has 0 heterocycles. The van der Waals surface area contributed by atoms with E-state index in [-0.39, 0.29) is 6.10 Å². The summed E-state index contributed by atoms with van der Waals surface area (Å²) < 4.78 is 5.74. The summed E-state index contributed by atoms with van der Waals surface area (Å²) in [5, 5.41) is 0. The van der Waals surface area contributed by atoms with E-state index in [1.54, 1.807) is 0 Å². The Kier molecular flexibility index (Phi) is 6.04. The SMILES string of the molecule is Cc1ccc(C)c(C(CN(C)C)O[P+](=S)[S-])c1. The van der Waals surface area contributed by atoms with Crippen LogP contribution in [0.3, 0.4) is 0 Å². The van der Waals surface area contributed by atoms with E-state index in [2.05, 4.69) is 36.9 Å². The number of hydrogen-bond acceptors (Lipinski definition) is 4. The minimum atomic E-state index is -1.18. The fraction of sp³-hybridized carbons (Fsp3) is 0.500. The summed E-state index contributed by atoms with van der Waals surface area (Å²) in [5.74, 6) is 0. The average Bonchev–Trinajstić information content (AvgIpc) is 2.19. The zero-order valence-electron chi connectivity index (χ0n) is 10.6. The van der Waals surface area contributed by atoms with E-state index in [1.807, 2.05) is 14.1 Å². The maximum Gasteiger partial charge on any atom is 0.202 e. The number of nitrogens with zero attached hydrogens (tertiary/aromatic N) is 1. The first-order valence-electron chi connectivity index (χ1n) is 5.43. The molecule has 0 fully saturated rings. The van der Waals surface area contributed by atoms with Gasteiger partial charge in [-0.15, -0.1) is 0 Å². The van der Waals surface area contributed by atoms with Gasteiger partial charge in [-0.3, -0.25) is 0 Å². The second kappa shape index (κ2) is 6.81. The Morgan fingerprint density at radius 3 is 2.59 bits per heavy atom. The van der Waals surface area contributed by atoms with Crippen molar-refractivity contribution in [3.63, 3.8) is 0 Å². The van der Waals surface area contributed by atoms with Crippen LogP contribution in [-0.2, 0) is 28.6 Å². The third-order valence-electron chi connectivity index (χ3n) is 2.53. The topological polar surface area (TPSA) is 12.5 Å². The molecule has 0 spiro atoms. The van der Waals surface area contributed by atoms with Gasteiger partial charge >= 0.3 is 0 Å². The molecule has 0 saturated heterocycles. The van der Waals surface area contributed by atoms with Crippen LogP contribution in [0, 0.1) is 13.8 Å². The first-order valence-corrected chi connectivity index (χ1v) is 8.72. The lowest BCUT2D eigenvalue weighted by Gasteiger charge is -2.20. The molecule has 2 nitrogen and oxygen atoms in total. The Hall–Kier alpha value is 0.01000. The predicted octanol–water partition coefficient (Wildman–Crippen LogP) is 3.24. The minimum absolute atomic E-state index is 0.0222. The highest BCUT2D eigenvalue weighted by molar-refractivity contribution is 8.45. The van der Waals surface area contributed by atoms with Crippen LogP contribution in [0.25, 0.3) is 0 Å². The van der Waals surface area contributed by atoms with Crippen LogP contribution in [0.2, 0.25) is 0 Å². The molecular formula is C12H18NOPS2. The lowest BCUT2D eigenvalue weighted by atomic mass is 10.0. The van der Waals surface area contributed by atoms with Gasteiger partial charge in [0.15, 0.2) is 11.8 Å². The summed E-state index contributed by atoms with van der Waals surface area (Å²) in [6.07, 6.45) is -1.20. The summed E-state index contributed by atoms with van der Waals surface area (Å²) in [6, 6.07) is 6.38. The molecule has 94 valence electrons. The van der Waals surface area contributed by atoms with Gasteiger partial charge in [0.25, 0.3) is 0 Å². The molecule has 0 radical (unpaired) electrons. The molecule has 0 aliphatic heterocycles. The number of rotatable bonds is 5. The van der Waals surface area contributed by atoms with Gasteiger partial charge in [0, 0.05) is 6.54 Å². The van der Waals surface area contributed by atoms with Crippen molar-refractivity contribution in [3.8, 4) is 0 Å². The molecular weight excluding hydrogens is 269 g/mol. The normalized spacial score (nSPS) is 13.9. The van der Waals surface area contributed by atoms with Crippen molar-refractivity contribution in [3.05, 3.63) is 34.9 Å². The van der Waals surface area contributed by atoms with E-state index in [9.17, 15) is 0 Å². The maximum atomic E-state index is 5.74. The number of benzene rings is 1. The van der Waals surface area contributed by atoms with Gasteiger partial charge in [0.1, 0.15) is 6.10 Å². The largest absolute Gasteiger partial charge is 0.441 e. The minimum Gasteiger partial charge on any atom is -0.441 e. The van der Waals surface area contributed by atoms with E-state index >= 15 is 0 Å². The quantitative estimate of drug-likeness (QED) is 0.608. The Balaban J connectivity index is 3.02. The highest BCUT2D eigenvalue weighted by Gasteiger charge is 2.19. The molecule has 0 amide bonds. The summed E-state index contributed by atoms with van der Waals surface area (Å²) in [5.41, 5.74) is 3.65. The van der Waals surface area contributed by atoms with Crippen molar-refractivity contribution < 1.29 is 4.52 Å².